The first-order valence-corrected chi connectivity index (χ1v) is 8.50. The number of esters is 1. The van der Waals surface area contributed by atoms with Gasteiger partial charge in [0.25, 0.3) is 0 Å². The molecule has 0 spiro atoms. The van der Waals surface area contributed by atoms with Crippen LogP contribution in [0.1, 0.15) is 15.9 Å². The largest absolute Gasteiger partial charge is 0.461 e. The lowest BCUT2D eigenvalue weighted by molar-refractivity contribution is 0.0731. The molecule has 0 amide bonds. The Morgan fingerprint density at radius 3 is 2.56 bits per heavy atom. The number of carbonyl (C=O) groups is 1. The van der Waals surface area contributed by atoms with Crippen molar-refractivity contribution in [2.24, 2.45) is 0 Å². The zero-order chi connectivity index (χ0) is 19.0. The third-order valence-electron chi connectivity index (χ3n) is 4.02. The van der Waals surface area contributed by atoms with Crippen molar-refractivity contribution in [2.45, 2.75) is 6.92 Å². The Morgan fingerprint density at radius 1 is 1.07 bits per heavy atom. The van der Waals surface area contributed by atoms with E-state index in [0.717, 1.165) is 5.56 Å². The van der Waals surface area contributed by atoms with E-state index in [1.807, 2.05) is 13.0 Å². The number of carbonyl (C=O) groups excluding carboxylic acids is 1. The molecule has 5 nitrogen and oxygen atoms in total. The molecule has 0 atom stereocenters. The van der Waals surface area contributed by atoms with E-state index in [1.165, 1.54) is 18.4 Å². The van der Waals surface area contributed by atoms with Gasteiger partial charge in [-0.2, -0.15) is 0 Å². The van der Waals surface area contributed by atoms with Gasteiger partial charge in [-0.05, 0) is 55.5 Å². The minimum absolute atomic E-state index is 0.0590. The number of furan rings is 1. The van der Waals surface area contributed by atoms with Crippen LogP contribution in [0.15, 0.2) is 74.5 Å². The third kappa shape index (κ3) is 3.25. The van der Waals surface area contributed by atoms with Gasteiger partial charge in [0.05, 0.1) is 17.2 Å². The van der Waals surface area contributed by atoms with E-state index in [4.69, 9.17) is 25.2 Å². The minimum atomic E-state index is -0.696. The van der Waals surface area contributed by atoms with Crippen LogP contribution in [0.25, 0.3) is 22.5 Å². The number of aryl methyl sites for hydroxylation is 1. The molecule has 0 unspecified atom stereocenters. The highest BCUT2D eigenvalue weighted by Gasteiger charge is 2.23. The zero-order valence-corrected chi connectivity index (χ0v) is 14.9. The van der Waals surface area contributed by atoms with Gasteiger partial charge in [-0.1, -0.05) is 23.2 Å². The number of hydrogen-bond donors (Lipinski definition) is 0. The lowest BCUT2D eigenvalue weighted by Crippen LogP contribution is -2.16. The molecule has 2 aromatic carbocycles. The van der Waals surface area contributed by atoms with Crippen LogP contribution in [-0.4, -0.2) is 5.97 Å². The Balaban J connectivity index is 1.88. The van der Waals surface area contributed by atoms with Gasteiger partial charge >= 0.3 is 5.97 Å². The standard InChI is InChI=1S/C21H13ClO5/c1-12-4-9-16-15(11-12)18(23)20(19(26-16)17-3-2-10-25-17)27-21(24)13-5-7-14(22)8-6-13/h2-11H,1H3. The first-order valence-electron chi connectivity index (χ1n) is 8.12. The van der Waals surface area contributed by atoms with E-state index in [-0.39, 0.29) is 22.8 Å². The summed E-state index contributed by atoms with van der Waals surface area (Å²) in [4.78, 5) is 25.5. The molecule has 0 aliphatic carbocycles. The van der Waals surface area contributed by atoms with E-state index in [9.17, 15) is 9.59 Å². The third-order valence-corrected chi connectivity index (χ3v) is 4.28. The predicted molar refractivity (Wildman–Crippen MR) is 101 cm³/mol. The van der Waals surface area contributed by atoms with Crippen LogP contribution in [0.3, 0.4) is 0 Å². The average Bonchev–Trinajstić information content (AvgIpc) is 3.19. The van der Waals surface area contributed by atoms with Gasteiger partial charge in [0.15, 0.2) is 5.76 Å². The highest BCUT2D eigenvalue weighted by molar-refractivity contribution is 6.30. The number of rotatable bonds is 3. The molecule has 4 rings (SSSR count). The smallest absolute Gasteiger partial charge is 0.343 e. The van der Waals surface area contributed by atoms with Crippen LogP contribution < -0.4 is 10.2 Å². The molecule has 0 aliphatic heterocycles. The highest BCUT2D eigenvalue weighted by Crippen LogP contribution is 2.32. The van der Waals surface area contributed by atoms with Gasteiger partial charge in [-0.3, -0.25) is 4.79 Å². The van der Waals surface area contributed by atoms with E-state index in [0.29, 0.717) is 16.0 Å². The second-order valence-electron chi connectivity index (χ2n) is 5.96. The Hall–Kier alpha value is -3.31. The number of benzene rings is 2. The van der Waals surface area contributed by atoms with Crippen molar-refractivity contribution < 1.29 is 18.4 Å². The molecule has 0 N–H and O–H groups in total. The number of hydrogen-bond acceptors (Lipinski definition) is 5. The van der Waals surface area contributed by atoms with E-state index in [1.54, 1.807) is 36.4 Å². The second kappa shape index (κ2) is 6.78. The molecule has 0 aliphatic rings. The van der Waals surface area contributed by atoms with Crippen LogP contribution in [0.5, 0.6) is 5.75 Å². The summed E-state index contributed by atoms with van der Waals surface area (Å²) in [5.74, 6) is -0.570. The molecular weight excluding hydrogens is 368 g/mol. The molecule has 27 heavy (non-hydrogen) atoms. The summed E-state index contributed by atoms with van der Waals surface area (Å²) in [5.41, 5.74) is 1.07. The number of fused-ring (bicyclic) bond motifs is 1. The molecule has 0 saturated carbocycles. The molecule has 134 valence electrons. The van der Waals surface area contributed by atoms with Crippen LogP contribution >= 0.6 is 11.6 Å². The van der Waals surface area contributed by atoms with Gasteiger partial charge in [0.2, 0.25) is 16.9 Å². The van der Waals surface area contributed by atoms with Gasteiger partial charge in [0.1, 0.15) is 5.58 Å². The first kappa shape index (κ1) is 17.1. The van der Waals surface area contributed by atoms with Crippen LogP contribution in [0.2, 0.25) is 5.02 Å². The van der Waals surface area contributed by atoms with E-state index >= 15 is 0 Å². The highest BCUT2D eigenvalue weighted by atomic mass is 35.5. The summed E-state index contributed by atoms with van der Waals surface area (Å²) in [7, 11) is 0. The fourth-order valence-electron chi connectivity index (χ4n) is 2.69. The van der Waals surface area contributed by atoms with E-state index in [2.05, 4.69) is 0 Å². The van der Waals surface area contributed by atoms with Crippen molar-refractivity contribution >= 4 is 28.5 Å². The Labute approximate surface area is 158 Å². The molecular formula is C21H13ClO5. The fraction of sp³-hybridized carbons (Fsp3) is 0.0476. The number of ether oxygens (including phenoxy) is 1. The summed E-state index contributed by atoms with van der Waals surface area (Å²) >= 11 is 5.85. The van der Waals surface area contributed by atoms with Crippen molar-refractivity contribution in [3.05, 3.63) is 87.2 Å². The molecule has 4 aromatic rings. The van der Waals surface area contributed by atoms with Gasteiger partial charge in [-0.25, -0.2) is 4.79 Å². The maximum Gasteiger partial charge on any atom is 0.343 e. The van der Waals surface area contributed by atoms with Crippen LogP contribution in [0, 0.1) is 6.92 Å². The molecule has 6 heteroatoms. The van der Waals surface area contributed by atoms with Crippen molar-refractivity contribution in [1.29, 1.82) is 0 Å². The monoisotopic (exact) mass is 380 g/mol. The second-order valence-corrected chi connectivity index (χ2v) is 6.40. The Morgan fingerprint density at radius 2 is 1.85 bits per heavy atom. The lowest BCUT2D eigenvalue weighted by Gasteiger charge is -2.09. The fourth-order valence-corrected chi connectivity index (χ4v) is 2.82. The Kier molecular flexibility index (Phi) is 4.30. The van der Waals surface area contributed by atoms with Crippen molar-refractivity contribution in [3.8, 4) is 17.3 Å². The van der Waals surface area contributed by atoms with Gasteiger partial charge in [-0.15, -0.1) is 0 Å². The number of halogens is 1. The summed E-state index contributed by atoms with van der Waals surface area (Å²) in [5, 5.41) is 0.813. The summed E-state index contributed by atoms with van der Waals surface area (Å²) < 4.78 is 16.6. The zero-order valence-electron chi connectivity index (χ0n) is 14.2. The summed E-state index contributed by atoms with van der Waals surface area (Å²) in [6.07, 6.45) is 1.44. The SMILES string of the molecule is Cc1ccc2oc(-c3ccco3)c(OC(=O)c3ccc(Cl)cc3)c(=O)c2c1. The molecule has 0 bridgehead atoms. The van der Waals surface area contributed by atoms with Crippen molar-refractivity contribution in [2.75, 3.05) is 0 Å². The molecule has 0 saturated heterocycles. The maximum absolute atomic E-state index is 13.0. The van der Waals surface area contributed by atoms with Crippen molar-refractivity contribution in [3.63, 3.8) is 0 Å². The minimum Gasteiger partial charge on any atom is -0.461 e. The molecule has 0 fully saturated rings. The quantitative estimate of drug-likeness (QED) is 0.455. The molecule has 2 heterocycles. The van der Waals surface area contributed by atoms with Crippen LogP contribution in [-0.2, 0) is 0 Å². The first-order chi connectivity index (χ1) is 13.0. The maximum atomic E-state index is 13.0. The Bertz CT molecular complexity index is 1190. The topological polar surface area (TPSA) is 69.7 Å². The molecule has 0 radical (unpaired) electrons. The van der Waals surface area contributed by atoms with Gasteiger partial charge in [0, 0.05) is 5.02 Å². The van der Waals surface area contributed by atoms with E-state index < -0.39 is 11.4 Å². The summed E-state index contributed by atoms with van der Waals surface area (Å²) in [6, 6.07) is 14.7. The lowest BCUT2D eigenvalue weighted by atomic mass is 10.1. The average molecular weight is 381 g/mol. The normalized spacial score (nSPS) is 10.9. The van der Waals surface area contributed by atoms with Crippen LogP contribution in [0.4, 0.5) is 0 Å². The summed E-state index contributed by atoms with van der Waals surface area (Å²) in [6.45, 7) is 1.86. The van der Waals surface area contributed by atoms with Gasteiger partial charge < -0.3 is 13.6 Å². The molecule has 2 aromatic heterocycles. The van der Waals surface area contributed by atoms with Crippen molar-refractivity contribution in [1.82, 2.24) is 0 Å². The predicted octanol–water partition coefficient (Wildman–Crippen LogP) is 5.23.